The van der Waals surface area contributed by atoms with Crippen molar-refractivity contribution >= 4 is 50.4 Å². The first kappa shape index (κ1) is 16.6. The molecule has 1 aliphatic rings. The highest BCUT2D eigenvalue weighted by atomic mass is 79.9. The zero-order chi connectivity index (χ0) is 16.4. The van der Waals surface area contributed by atoms with Crippen LogP contribution >= 0.6 is 38.6 Å². The number of likely N-dealkylation sites (tertiary alicyclic amines) is 1. The number of amides is 2. The van der Waals surface area contributed by atoms with E-state index >= 15 is 0 Å². The predicted molar refractivity (Wildman–Crippen MR) is 95.4 cm³/mol. The Kier molecular flexibility index (Phi) is 5.13. The maximum absolute atomic E-state index is 12.5. The van der Waals surface area contributed by atoms with Crippen LogP contribution in [0, 0.1) is 0 Å². The van der Waals surface area contributed by atoms with Crippen LogP contribution in [-0.2, 0) is 16.0 Å². The Bertz CT molecular complexity index is 728. The molecule has 1 atom stereocenters. The molecule has 23 heavy (non-hydrogen) atoms. The molecular formula is C15H16BrN3O2S2. The van der Waals surface area contributed by atoms with E-state index in [0.29, 0.717) is 13.0 Å². The van der Waals surface area contributed by atoms with Gasteiger partial charge < -0.3 is 10.6 Å². The lowest BCUT2D eigenvalue weighted by Gasteiger charge is -2.33. The van der Waals surface area contributed by atoms with Gasteiger partial charge in [0.25, 0.3) is 0 Å². The molecule has 1 unspecified atom stereocenters. The maximum Gasteiger partial charge on any atom is 0.240 e. The van der Waals surface area contributed by atoms with E-state index in [4.69, 9.17) is 5.73 Å². The van der Waals surface area contributed by atoms with Crippen LogP contribution in [0.2, 0.25) is 0 Å². The topological polar surface area (TPSA) is 76.3 Å². The maximum atomic E-state index is 12.5. The van der Waals surface area contributed by atoms with Crippen molar-refractivity contribution in [1.29, 1.82) is 0 Å². The van der Waals surface area contributed by atoms with Gasteiger partial charge in [-0.25, -0.2) is 4.98 Å². The second kappa shape index (κ2) is 7.11. The van der Waals surface area contributed by atoms with Crippen molar-refractivity contribution in [3.63, 3.8) is 0 Å². The van der Waals surface area contributed by atoms with Gasteiger partial charge in [0.05, 0.1) is 17.0 Å². The lowest BCUT2D eigenvalue weighted by atomic mass is 10.0. The van der Waals surface area contributed by atoms with Gasteiger partial charge in [-0.3, -0.25) is 9.59 Å². The van der Waals surface area contributed by atoms with Crippen LogP contribution in [0.25, 0.3) is 9.88 Å². The van der Waals surface area contributed by atoms with Crippen LogP contribution in [0.4, 0.5) is 0 Å². The number of primary amides is 1. The molecule has 2 N–H and O–H groups in total. The van der Waals surface area contributed by atoms with Crippen LogP contribution < -0.4 is 5.73 Å². The number of thiazole rings is 1. The Morgan fingerprint density at radius 2 is 2.17 bits per heavy atom. The number of rotatable bonds is 4. The number of nitrogens with two attached hydrogens (primary N) is 1. The van der Waals surface area contributed by atoms with Crippen LogP contribution in [0.1, 0.15) is 25.0 Å². The van der Waals surface area contributed by atoms with Gasteiger partial charge in [0, 0.05) is 21.8 Å². The number of thiophene rings is 1. The van der Waals surface area contributed by atoms with Crippen molar-refractivity contribution in [3.8, 4) is 9.88 Å². The lowest BCUT2D eigenvalue weighted by Crippen LogP contribution is -2.50. The van der Waals surface area contributed by atoms with Gasteiger partial charge in [-0.1, -0.05) is 0 Å². The minimum absolute atomic E-state index is 0.0716. The summed E-state index contributed by atoms with van der Waals surface area (Å²) >= 11 is 6.57. The Morgan fingerprint density at radius 1 is 1.35 bits per heavy atom. The molecule has 0 saturated carbocycles. The molecule has 8 heteroatoms. The standard InChI is InChI=1S/C15H16BrN3O2S2/c16-9-5-12(22-7-9)15-18-10(8-23-15)6-13(20)19-4-2-1-3-11(19)14(17)21/h5,7-8,11H,1-4,6H2,(H2,17,21). The quantitative estimate of drug-likeness (QED) is 0.836. The average molecular weight is 414 g/mol. The minimum atomic E-state index is -0.470. The molecule has 1 fully saturated rings. The molecule has 122 valence electrons. The van der Waals surface area contributed by atoms with Crippen molar-refractivity contribution in [1.82, 2.24) is 9.88 Å². The smallest absolute Gasteiger partial charge is 0.240 e. The highest BCUT2D eigenvalue weighted by Crippen LogP contribution is 2.32. The van der Waals surface area contributed by atoms with E-state index in [9.17, 15) is 9.59 Å². The number of hydrogen-bond donors (Lipinski definition) is 1. The largest absolute Gasteiger partial charge is 0.368 e. The van der Waals surface area contributed by atoms with Crippen LogP contribution in [0.3, 0.4) is 0 Å². The van der Waals surface area contributed by atoms with Crippen molar-refractivity contribution in [2.75, 3.05) is 6.54 Å². The van der Waals surface area contributed by atoms with Gasteiger partial charge in [-0.15, -0.1) is 22.7 Å². The molecule has 0 aliphatic carbocycles. The van der Waals surface area contributed by atoms with Gasteiger partial charge in [0.15, 0.2) is 0 Å². The summed E-state index contributed by atoms with van der Waals surface area (Å²) in [7, 11) is 0. The van der Waals surface area contributed by atoms with E-state index in [1.54, 1.807) is 16.2 Å². The molecule has 2 amide bonds. The fourth-order valence-electron chi connectivity index (χ4n) is 2.71. The predicted octanol–water partition coefficient (Wildman–Crippen LogP) is 3.04. The van der Waals surface area contributed by atoms with Gasteiger partial charge in [0.1, 0.15) is 11.0 Å². The van der Waals surface area contributed by atoms with E-state index in [2.05, 4.69) is 20.9 Å². The van der Waals surface area contributed by atoms with Gasteiger partial charge >= 0.3 is 0 Å². The number of nitrogens with zero attached hydrogens (tertiary/aromatic N) is 2. The summed E-state index contributed by atoms with van der Waals surface area (Å²) < 4.78 is 1.03. The van der Waals surface area contributed by atoms with E-state index in [1.807, 2.05) is 16.8 Å². The van der Waals surface area contributed by atoms with Crippen molar-refractivity contribution in [2.24, 2.45) is 5.73 Å². The molecule has 1 saturated heterocycles. The fourth-order valence-corrected chi connectivity index (χ4v) is 5.04. The molecule has 3 rings (SSSR count). The summed E-state index contributed by atoms with van der Waals surface area (Å²) in [5, 5.41) is 4.82. The zero-order valence-electron chi connectivity index (χ0n) is 12.3. The highest BCUT2D eigenvalue weighted by molar-refractivity contribution is 9.10. The number of piperidine rings is 1. The Morgan fingerprint density at radius 3 is 2.87 bits per heavy atom. The Balaban J connectivity index is 1.70. The normalized spacial score (nSPS) is 18.1. The Labute approximate surface area is 150 Å². The minimum Gasteiger partial charge on any atom is -0.368 e. The second-order valence-electron chi connectivity index (χ2n) is 5.45. The third kappa shape index (κ3) is 3.81. The van der Waals surface area contributed by atoms with Crippen molar-refractivity contribution in [3.05, 3.63) is 27.0 Å². The summed E-state index contributed by atoms with van der Waals surface area (Å²) in [6.07, 6.45) is 2.73. The Hall–Kier alpha value is -1.25. The highest BCUT2D eigenvalue weighted by Gasteiger charge is 2.30. The molecule has 2 aromatic rings. The van der Waals surface area contributed by atoms with Gasteiger partial charge in [-0.05, 0) is 41.3 Å². The summed E-state index contributed by atoms with van der Waals surface area (Å²) in [5.41, 5.74) is 6.17. The summed E-state index contributed by atoms with van der Waals surface area (Å²) in [6.45, 7) is 0.599. The van der Waals surface area contributed by atoms with Crippen molar-refractivity contribution in [2.45, 2.75) is 31.7 Å². The van der Waals surface area contributed by atoms with Crippen LogP contribution in [0.15, 0.2) is 21.3 Å². The van der Waals surface area contributed by atoms with E-state index in [1.165, 1.54) is 11.3 Å². The van der Waals surface area contributed by atoms with E-state index in [-0.39, 0.29) is 12.3 Å². The fraction of sp³-hybridized carbons (Fsp3) is 0.400. The monoisotopic (exact) mass is 413 g/mol. The third-order valence-electron chi connectivity index (χ3n) is 3.81. The zero-order valence-corrected chi connectivity index (χ0v) is 15.5. The van der Waals surface area contributed by atoms with Crippen molar-refractivity contribution < 1.29 is 9.59 Å². The number of aromatic nitrogens is 1. The molecule has 0 spiro atoms. The first-order valence-electron chi connectivity index (χ1n) is 7.32. The number of carbonyl (C=O) groups is 2. The molecule has 3 heterocycles. The third-order valence-corrected chi connectivity index (χ3v) is 6.57. The molecule has 0 bridgehead atoms. The molecule has 2 aromatic heterocycles. The lowest BCUT2D eigenvalue weighted by molar-refractivity contribution is -0.140. The molecule has 0 aromatic carbocycles. The summed E-state index contributed by atoms with van der Waals surface area (Å²) in [6, 6.07) is 1.55. The number of carbonyl (C=O) groups excluding carboxylic acids is 2. The first-order chi connectivity index (χ1) is 11.0. The molecule has 5 nitrogen and oxygen atoms in total. The first-order valence-corrected chi connectivity index (χ1v) is 9.87. The molecule has 1 aliphatic heterocycles. The van der Waals surface area contributed by atoms with Gasteiger partial charge in [0.2, 0.25) is 11.8 Å². The average Bonchev–Trinajstić information content (AvgIpc) is 3.16. The molecule has 0 radical (unpaired) electrons. The van der Waals surface area contributed by atoms with E-state index in [0.717, 1.165) is 32.9 Å². The summed E-state index contributed by atoms with van der Waals surface area (Å²) in [4.78, 5) is 31.3. The van der Waals surface area contributed by atoms with Gasteiger partial charge in [-0.2, -0.15) is 0 Å². The van der Waals surface area contributed by atoms with Crippen LogP contribution in [-0.4, -0.2) is 34.3 Å². The van der Waals surface area contributed by atoms with Crippen LogP contribution in [0.5, 0.6) is 0 Å². The number of halogens is 1. The summed E-state index contributed by atoms with van der Waals surface area (Å²) in [5.74, 6) is -0.488. The SMILES string of the molecule is NC(=O)C1CCCCN1C(=O)Cc1csc(-c2cc(Br)cs2)n1. The number of hydrogen-bond acceptors (Lipinski definition) is 5. The second-order valence-corrected chi connectivity index (χ2v) is 8.14. The molecular weight excluding hydrogens is 398 g/mol. The van der Waals surface area contributed by atoms with E-state index < -0.39 is 11.9 Å².